The molecule has 0 aliphatic heterocycles. The molecule has 2 aromatic rings. The fourth-order valence-electron chi connectivity index (χ4n) is 1.49. The molecule has 1 atom stereocenters. The summed E-state index contributed by atoms with van der Waals surface area (Å²) in [7, 11) is 1.97. The molecule has 2 N–H and O–H groups in total. The highest BCUT2D eigenvalue weighted by atomic mass is 16.5. The molecule has 4 nitrogen and oxygen atoms in total. The number of fused-ring (bicyclic) bond motifs is 1. The molecular weight excluding hydrogens is 190 g/mol. The first-order valence-corrected chi connectivity index (χ1v) is 5.01. The van der Waals surface area contributed by atoms with Gasteiger partial charge in [0.15, 0.2) is 11.4 Å². The Hall–Kier alpha value is -1.55. The Bertz CT molecular complexity index is 452. The zero-order chi connectivity index (χ0) is 10.8. The molecule has 0 bridgehead atoms. The molecule has 15 heavy (non-hydrogen) atoms. The predicted octanol–water partition coefficient (Wildman–Crippen LogP) is 1.61. The number of anilines is 1. The van der Waals surface area contributed by atoms with Crippen LogP contribution in [0.1, 0.15) is 6.92 Å². The molecule has 1 aromatic heterocycles. The van der Waals surface area contributed by atoms with Crippen LogP contribution < -0.4 is 10.6 Å². The van der Waals surface area contributed by atoms with Crippen molar-refractivity contribution in [2.45, 2.75) is 13.0 Å². The first-order chi connectivity index (χ1) is 7.24. The number of para-hydroxylation sites is 1. The molecule has 0 saturated carbocycles. The molecule has 0 saturated heterocycles. The van der Waals surface area contributed by atoms with Crippen LogP contribution >= 0.6 is 0 Å². The van der Waals surface area contributed by atoms with Crippen LogP contribution in [0, 0.1) is 0 Å². The monoisotopic (exact) mass is 205 g/mol. The molecule has 80 valence electrons. The number of aromatic nitrogens is 1. The van der Waals surface area contributed by atoms with E-state index in [0.717, 1.165) is 16.8 Å². The van der Waals surface area contributed by atoms with Gasteiger partial charge in [-0.05, 0) is 19.1 Å². The number of nitrogens with zero attached hydrogens (tertiary/aromatic N) is 2. The van der Waals surface area contributed by atoms with Crippen molar-refractivity contribution in [3.05, 3.63) is 24.3 Å². The standard InChI is InChI=1S/C11H15N3O/c1-8(7-12)14(2)11-9-5-3-4-6-10(9)15-13-11/h3-6,8H,7,12H2,1-2H3. The van der Waals surface area contributed by atoms with Gasteiger partial charge in [-0.15, -0.1) is 0 Å². The lowest BCUT2D eigenvalue weighted by Gasteiger charge is -2.22. The minimum atomic E-state index is 0.249. The molecule has 0 amide bonds. The summed E-state index contributed by atoms with van der Waals surface area (Å²) in [6.07, 6.45) is 0. The van der Waals surface area contributed by atoms with Crippen molar-refractivity contribution in [3.63, 3.8) is 0 Å². The van der Waals surface area contributed by atoms with E-state index < -0.39 is 0 Å². The van der Waals surface area contributed by atoms with Crippen LogP contribution in [0.3, 0.4) is 0 Å². The van der Waals surface area contributed by atoms with E-state index in [4.69, 9.17) is 10.3 Å². The molecule has 2 rings (SSSR count). The lowest BCUT2D eigenvalue weighted by atomic mass is 10.2. The minimum Gasteiger partial charge on any atom is -0.354 e. The van der Waals surface area contributed by atoms with Crippen LogP contribution in [0.25, 0.3) is 11.0 Å². The highest BCUT2D eigenvalue weighted by Gasteiger charge is 2.15. The summed E-state index contributed by atoms with van der Waals surface area (Å²) in [6, 6.07) is 8.07. The highest BCUT2D eigenvalue weighted by molar-refractivity contribution is 5.88. The fourth-order valence-corrected chi connectivity index (χ4v) is 1.49. The molecule has 0 spiro atoms. The van der Waals surface area contributed by atoms with Crippen LogP contribution in [-0.4, -0.2) is 24.8 Å². The average Bonchev–Trinajstić information content (AvgIpc) is 2.70. The van der Waals surface area contributed by atoms with E-state index in [1.807, 2.05) is 36.2 Å². The quantitative estimate of drug-likeness (QED) is 0.827. The minimum absolute atomic E-state index is 0.249. The summed E-state index contributed by atoms with van der Waals surface area (Å²) < 4.78 is 5.23. The Morgan fingerprint density at radius 3 is 2.93 bits per heavy atom. The van der Waals surface area contributed by atoms with Gasteiger partial charge in [0.25, 0.3) is 0 Å². The SMILES string of the molecule is CC(CN)N(C)c1noc2ccccc12. The predicted molar refractivity (Wildman–Crippen MR) is 60.9 cm³/mol. The molecule has 0 radical (unpaired) electrons. The van der Waals surface area contributed by atoms with Gasteiger partial charge in [-0.1, -0.05) is 17.3 Å². The van der Waals surface area contributed by atoms with Crippen molar-refractivity contribution < 1.29 is 4.52 Å². The maximum atomic E-state index is 5.62. The van der Waals surface area contributed by atoms with Gasteiger partial charge in [-0.25, -0.2) is 0 Å². The zero-order valence-electron chi connectivity index (χ0n) is 8.97. The van der Waals surface area contributed by atoms with Crippen LogP contribution in [0.5, 0.6) is 0 Å². The van der Waals surface area contributed by atoms with Crippen molar-refractivity contribution in [3.8, 4) is 0 Å². The summed E-state index contributed by atoms with van der Waals surface area (Å²) in [5.74, 6) is 0.851. The molecular formula is C11H15N3O. The average molecular weight is 205 g/mol. The molecule has 0 aliphatic carbocycles. The number of hydrogen-bond acceptors (Lipinski definition) is 4. The van der Waals surface area contributed by atoms with E-state index in [-0.39, 0.29) is 6.04 Å². The van der Waals surface area contributed by atoms with Gasteiger partial charge in [0.2, 0.25) is 0 Å². The number of likely N-dealkylation sites (N-methyl/N-ethyl adjacent to an activating group) is 1. The second-order valence-corrected chi connectivity index (χ2v) is 3.70. The second kappa shape index (κ2) is 3.90. The van der Waals surface area contributed by atoms with E-state index in [9.17, 15) is 0 Å². The molecule has 0 fully saturated rings. The third kappa shape index (κ3) is 1.68. The van der Waals surface area contributed by atoms with Crippen LogP contribution in [0.2, 0.25) is 0 Å². The van der Waals surface area contributed by atoms with Gasteiger partial charge in [0.1, 0.15) is 0 Å². The van der Waals surface area contributed by atoms with Crippen molar-refractivity contribution >= 4 is 16.8 Å². The summed E-state index contributed by atoms with van der Waals surface area (Å²) in [4.78, 5) is 2.03. The summed E-state index contributed by atoms with van der Waals surface area (Å²) in [6.45, 7) is 2.65. The van der Waals surface area contributed by atoms with E-state index >= 15 is 0 Å². The number of rotatable bonds is 3. The third-order valence-corrected chi connectivity index (χ3v) is 2.69. The zero-order valence-corrected chi connectivity index (χ0v) is 8.97. The van der Waals surface area contributed by atoms with E-state index in [1.165, 1.54) is 0 Å². The number of hydrogen-bond donors (Lipinski definition) is 1. The summed E-state index contributed by atoms with van der Waals surface area (Å²) in [5.41, 5.74) is 6.43. The molecule has 1 aromatic carbocycles. The van der Waals surface area contributed by atoms with Crippen LogP contribution in [-0.2, 0) is 0 Å². The van der Waals surface area contributed by atoms with Gasteiger partial charge in [0, 0.05) is 19.6 Å². The number of benzene rings is 1. The van der Waals surface area contributed by atoms with Crippen molar-refractivity contribution in [1.29, 1.82) is 0 Å². The normalized spacial score (nSPS) is 13.0. The lowest BCUT2D eigenvalue weighted by Crippen LogP contribution is -2.35. The first-order valence-electron chi connectivity index (χ1n) is 5.01. The van der Waals surface area contributed by atoms with Gasteiger partial charge < -0.3 is 15.2 Å². The maximum Gasteiger partial charge on any atom is 0.179 e. The molecule has 4 heteroatoms. The summed E-state index contributed by atoms with van der Waals surface area (Å²) in [5, 5.41) is 5.09. The Kier molecular flexibility index (Phi) is 2.60. The topological polar surface area (TPSA) is 55.3 Å². The Balaban J connectivity index is 2.43. The Labute approximate surface area is 88.6 Å². The van der Waals surface area contributed by atoms with Crippen LogP contribution in [0.15, 0.2) is 28.8 Å². The van der Waals surface area contributed by atoms with E-state index in [1.54, 1.807) is 0 Å². The van der Waals surface area contributed by atoms with Crippen molar-refractivity contribution in [1.82, 2.24) is 5.16 Å². The summed E-state index contributed by atoms with van der Waals surface area (Å²) >= 11 is 0. The highest BCUT2D eigenvalue weighted by Crippen LogP contribution is 2.25. The molecule has 1 unspecified atom stereocenters. The van der Waals surface area contributed by atoms with E-state index in [0.29, 0.717) is 6.54 Å². The van der Waals surface area contributed by atoms with Crippen molar-refractivity contribution in [2.24, 2.45) is 5.73 Å². The van der Waals surface area contributed by atoms with Gasteiger partial charge >= 0.3 is 0 Å². The van der Waals surface area contributed by atoms with Crippen molar-refractivity contribution in [2.75, 3.05) is 18.5 Å². The van der Waals surface area contributed by atoms with Crippen LogP contribution in [0.4, 0.5) is 5.82 Å². The largest absolute Gasteiger partial charge is 0.354 e. The number of nitrogens with two attached hydrogens (primary N) is 1. The third-order valence-electron chi connectivity index (χ3n) is 2.69. The second-order valence-electron chi connectivity index (χ2n) is 3.70. The van der Waals surface area contributed by atoms with Gasteiger partial charge in [-0.2, -0.15) is 0 Å². The smallest absolute Gasteiger partial charge is 0.179 e. The molecule has 0 aliphatic rings. The Morgan fingerprint density at radius 2 is 2.20 bits per heavy atom. The van der Waals surface area contributed by atoms with Gasteiger partial charge in [-0.3, -0.25) is 0 Å². The maximum absolute atomic E-state index is 5.62. The Morgan fingerprint density at radius 1 is 1.47 bits per heavy atom. The first kappa shape index (κ1) is 9.98. The lowest BCUT2D eigenvalue weighted by molar-refractivity contribution is 0.453. The molecule has 1 heterocycles. The van der Waals surface area contributed by atoms with E-state index in [2.05, 4.69) is 12.1 Å². The fraction of sp³-hybridized carbons (Fsp3) is 0.364. The van der Waals surface area contributed by atoms with Gasteiger partial charge in [0.05, 0.1) is 5.39 Å².